The van der Waals surface area contributed by atoms with Crippen molar-refractivity contribution in [2.24, 2.45) is 7.05 Å². The van der Waals surface area contributed by atoms with Crippen molar-refractivity contribution in [2.45, 2.75) is 6.54 Å². The zero-order valence-electron chi connectivity index (χ0n) is 10.9. The first-order valence-corrected chi connectivity index (χ1v) is 6.53. The monoisotopic (exact) mass is 288 g/mol. The molecule has 20 heavy (non-hydrogen) atoms. The van der Waals surface area contributed by atoms with E-state index in [1.54, 1.807) is 12.4 Å². The molecular formula is C14H13ClN4O. The summed E-state index contributed by atoms with van der Waals surface area (Å²) in [7, 11) is 1.92. The maximum Gasteiger partial charge on any atom is 0.193 e. The topological polar surface area (TPSA) is 55.9 Å². The molecule has 0 saturated heterocycles. The highest BCUT2D eigenvalue weighted by Crippen LogP contribution is 2.21. The van der Waals surface area contributed by atoms with Gasteiger partial charge < -0.3 is 14.3 Å². The van der Waals surface area contributed by atoms with E-state index in [0.717, 1.165) is 22.8 Å². The van der Waals surface area contributed by atoms with Gasteiger partial charge in [-0.15, -0.1) is 10.2 Å². The number of anilines is 1. The number of aromatic nitrogens is 3. The standard InChI is InChI=1S/C14H13ClN4O/c1-19-9-17-18-14(19)10-3-2-4-11(7-10)16-8-12-5-6-13(15)20-12/h2-7,9,16H,8H2,1H3. The predicted molar refractivity (Wildman–Crippen MR) is 77.5 cm³/mol. The molecule has 0 amide bonds. The largest absolute Gasteiger partial charge is 0.448 e. The molecule has 0 aliphatic rings. The molecule has 1 N–H and O–H groups in total. The minimum Gasteiger partial charge on any atom is -0.448 e. The fourth-order valence-electron chi connectivity index (χ4n) is 1.95. The Morgan fingerprint density at radius 2 is 2.20 bits per heavy atom. The van der Waals surface area contributed by atoms with Gasteiger partial charge in [0.15, 0.2) is 11.0 Å². The molecule has 0 radical (unpaired) electrons. The summed E-state index contributed by atoms with van der Waals surface area (Å²) in [5.41, 5.74) is 1.99. The van der Waals surface area contributed by atoms with Crippen LogP contribution in [-0.2, 0) is 13.6 Å². The molecular weight excluding hydrogens is 276 g/mol. The first kappa shape index (κ1) is 12.7. The number of furan rings is 1. The third-order valence-corrected chi connectivity index (χ3v) is 3.13. The first-order valence-electron chi connectivity index (χ1n) is 6.15. The number of nitrogens with one attached hydrogen (secondary N) is 1. The van der Waals surface area contributed by atoms with Gasteiger partial charge in [0, 0.05) is 18.3 Å². The predicted octanol–water partition coefficient (Wildman–Crippen LogP) is 3.34. The lowest BCUT2D eigenvalue weighted by molar-refractivity contribution is 0.520. The summed E-state index contributed by atoms with van der Waals surface area (Å²) in [6, 6.07) is 11.6. The van der Waals surface area contributed by atoms with Crippen LogP contribution in [0.5, 0.6) is 0 Å². The van der Waals surface area contributed by atoms with E-state index in [-0.39, 0.29) is 0 Å². The van der Waals surface area contributed by atoms with Gasteiger partial charge in [-0.3, -0.25) is 0 Å². The van der Waals surface area contributed by atoms with E-state index in [9.17, 15) is 0 Å². The van der Waals surface area contributed by atoms with Crippen LogP contribution in [0.3, 0.4) is 0 Å². The van der Waals surface area contributed by atoms with E-state index >= 15 is 0 Å². The number of hydrogen-bond donors (Lipinski definition) is 1. The Hall–Kier alpha value is -2.27. The summed E-state index contributed by atoms with van der Waals surface area (Å²) >= 11 is 5.74. The van der Waals surface area contributed by atoms with Gasteiger partial charge in [0.1, 0.15) is 12.1 Å². The van der Waals surface area contributed by atoms with Crippen molar-refractivity contribution in [1.29, 1.82) is 0 Å². The molecule has 1 aromatic carbocycles. The second-order valence-electron chi connectivity index (χ2n) is 4.41. The van der Waals surface area contributed by atoms with Crippen LogP contribution in [0.15, 0.2) is 47.1 Å². The Morgan fingerprint density at radius 3 is 2.90 bits per heavy atom. The van der Waals surface area contributed by atoms with Crippen LogP contribution in [0.1, 0.15) is 5.76 Å². The van der Waals surface area contributed by atoms with Crippen molar-refractivity contribution in [1.82, 2.24) is 14.8 Å². The molecule has 0 saturated carbocycles. The average Bonchev–Trinajstić information content (AvgIpc) is 3.05. The molecule has 0 spiro atoms. The minimum atomic E-state index is 0.398. The average molecular weight is 289 g/mol. The summed E-state index contributed by atoms with van der Waals surface area (Å²) in [6.07, 6.45) is 1.68. The smallest absolute Gasteiger partial charge is 0.193 e. The molecule has 2 aromatic heterocycles. The second-order valence-corrected chi connectivity index (χ2v) is 4.78. The summed E-state index contributed by atoms with van der Waals surface area (Å²) in [5.74, 6) is 1.62. The van der Waals surface area contributed by atoms with Gasteiger partial charge in [0.25, 0.3) is 0 Å². The van der Waals surface area contributed by atoms with Crippen LogP contribution < -0.4 is 5.32 Å². The van der Waals surface area contributed by atoms with Crippen LogP contribution in [0.4, 0.5) is 5.69 Å². The molecule has 0 aliphatic carbocycles. The van der Waals surface area contributed by atoms with Crippen molar-refractivity contribution in [2.75, 3.05) is 5.32 Å². The van der Waals surface area contributed by atoms with Crippen molar-refractivity contribution in [3.63, 3.8) is 0 Å². The Balaban J connectivity index is 1.76. The van der Waals surface area contributed by atoms with E-state index in [4.69, 9.17) is 16.0 Å². The quantitative estimate of drug-likeness (QED) is 0.800. The lowest BCUT2D eigenvalue weighted by Gasteiger charge is -2.06. The molecule has 0 unspecified atom stereocenters. The van der Waals surface area contributed by atoms with Crippen LogP contribution in [0, 0.1) is 0 Å². The van der Waals surface area contributed by atoms with Crippen LogP contribution in [0.2, 0.25) is 5.22 Å². The third-order valence-electron chi connectivity index (χ3n) is 2.93. The SMILES string of the molecule is Cn1cnnc1-c1cccc(NCc2ccc(Cl)o2)c1. The highest BCUT2D eigenvalue weighted by Gasteiger charge is 2.05. The molecule has 2 heterocycles. The zero-order chi connectivity index (χ0) is 13.9. The molecule has 3 rings (SSSR count). The number of hydrogen-bond acceptors (Lipinski definition) is 4. The van der Waals surface area contributed by atoms with E-state index in [1.165, 1.54) is 0 Å². The molecule has 0 fully saturated rings. The van der Waals surface area contributed by atoms with Gasteiger partial charge in [-0.2, -0.15) is 0 Å². The number of aryl methyl sites for hydroxylation is 1. The molecule has 0 bridgehead atoms. The van der Waals surface area contributed by atoms with E-state index in [1.807, 2.05) is 41.9 Å². The lowest BCUT2D eigenvalue weighted by Crippen LogP contribution is -1.98. The third kappa shape index (κ3) is 2.67. The van der Waals surface area contributed by atoms with Crippen molar-refractivity contribution < 1.29 is 4.42 Å². The summed E-state index contributed by atoms with van der Waals surface area (Å²) in [6.45, 7) is 0.578. The van der Waals surface area contributed by atoms with Crippen LogP contribution in [0.25, 0.3) is 11.4 Å². The highest BCUT2D eigenvalue weighted by atomic mass is 35.5. The van der Waals surface area contributed by atoms with E-state index < -0.39 is 0 Å². The molecule has 0 aliphatic heterocycles. The first-order chi connectivity index (χ1) is 9.72. The molecule has 5 nitrogen and oxygen atoms in total. The number of halogens is 1. The molecule has 3 aromatic rings. The van der Waals surface area contributed by atoms with Gasteiger partial charge in [-0.05, 0) is 35.9 Å². The molecule has 102 valence electrons. The summed E-state index contributed by atoms with van der Waals surface area (Å²) < 4.78 is 7.18. The Morgan fingerprint density at radius 1 is 1.30 bits per heavy atom. The van der Waals surface area contributed by atoms with Crippen molar-refractivity contribution in [3.8, 4) is 11.4 Å². The normalized spacial score (nSPS) is 10.7. The summed E-state index contributed by atoms with van der Waals surface area (Å²) in [4.78, 5) is 0. The van der Waals surface area contributed by atoms with Crippen LogP contribution >= 0.6 is 11.6 Å². The fraction of sp³-hybridized carbons (Fsp3) is 0.143. The van der Waals surface area contributed by atoms with Gasteiger partial charge in [0.2, 0.25) is 0 Å². The highest BCUT2D eigenvalue weighted by molar-refractivity contribution is 6.28. The second kappa shape index (κ2) is 5.38. The van der Waals surface area contributed by atoms with Gasteiger partial charge >= 0.3 is 0 Å². The van der Waals surface area contributed by atoms with Gasteiger partial charge in [-0.25, -0.2) is 0 Å². The van der Waals surface area contributed by atoms with E-state index in [2.05, 4.69) is 15.5 Å². The van der Waals surface area contributed by atoms with E-state index in [0.29, 0.717) is 11.8 Å². The lowest BCUT2D eigenvalue weighted by atomic mass is 10.2. The number of benzene rings is 1. The number of rotatable bonds is 4. The van der Waals surface area contributed by atoms with Crippen LogP contribution in [-0.4, -0.2) is 14.8 Å². The number of nitrogens with zero attached hydrogens (tertiary/aromatic N) is 3. The molecule has 0 atom stereocenters. The summed E-state index contributed by atoms with van der Waals surface area (Å²) in [5, 5.41) is 11.7. The maximum absolute atomic E-state index is 5.74. The van der Waals surface area contributed by atoms with Crippen molar-refractivity contribution >= 4 is 17.3 Å². The van der Waals surface area contributed by atoms with Gasteiger partial charge in [-0.1, -0.05) is 12.1 Å². The minimum absolute atomic E-state index is 0.398. The fourth-order valence-corrected chi connectivity index (χ4v) is 2.11. The van der Waals surface area contributed by atoms with Gasteiger partial charge in [0.05, 0.1) is 6.54 Å². The Labute approximate surface area is 121 Å². The van der Waals surface area contributed by atoms with Crippen molar-refractivity contribution in [3.05, 3.63) is 53.7 Å². The Kier molecular flexibility index (Phi) is 3.43. The Bertz CT molecular complexity index is 719. The maximum atomic E-state index is 5.74. The molecule has 6 heteroatoms. The zero-order valence-corrected chi connectivity index (χ0v) is 11.6.